The molecule has 0 unspecified atom stereocenters. The predicted octanol–water partition coefficient (Wildman–Crippen LogP) is 0.512. The lowest BCUT2D eigenvalue weighted by molar-refractivity contribution is 0.379. The molecule has 2 aromatic heterocycles. The number of hydrogen-bond acceptors (Lipinski definition) is 7. The summed E-state index contributed by atoms with van der Waals surface area (Å²) in [5, 5.41) is 3.07. The first kappa shape index (κ1) is 12.0. The molecule has 2 rings (SSSR count). The van der Waals surface area contributed by atoms with Crippen LogP contribution < -0.4 is 15.8 Å². The Morgan fingerprint density at radius 2 is 2.00 bits per heavy atom. The van der Waals surface area contributed by atoms with Gasteiger partial charge in [-0.15, -0.1) is 0 Å². The molecule has 2 aromatic rings. The van der Waals surface area contributed by atoms with E-state index in [0.29, 0.717) is 12.5 Å². The summed E-state index contributed by atoms with van der Waals surface area (Å²) in [5.41, 5.74) is 6.71. The van der Waals surface area contributed by atoms with Gasteiger partial charge in [-0.05, 0) is 24.1 Å². The van der Waals surface area contributed by atoms with Gasteiger partial charge in [0.15, 0.2) is 0 Å². The molecule has 18 heavy (non-hydrogen) atoms. The number of nitrogens with zero attached hydrogens (tertiary/aromatic N) is 4. The lowest BCUT2D eigenvalue weighted by Crippen LogP contribution is -2.10. The topological polar surface area (TPSA) is 98.8 Å². The van der Waals surface area contributed by atoms with Crippen molar-refractivity contribution < 1.29 is 4.74 Å². The van der Waals surface area contributed by atoms with E-state index >= 15 is 0 Å². The number of ether oxygens (including phenoxy) is 1. The van der Waals surface area contributed by atoms with Gasteiger partial charge in [-0.3, -0.25) is 4.98 Å². The maximum Gasteiger partial charge on any atom is 0.322 e. The first-order valence-electron chi connectivity index (χ1n) is 5.46. The first-order valence-corrected chi connectivity index (χ1v) is 5.46. The van der Waals surface area contributed by atoms with Gasteiger partial charge in [-0.1, -0.05) is 0 Å². The van der Waals surface area contributed by atoms with Crippen LogP contribution in [0.4, 0.5) is 11.9 Å². The molecule has 0 saturated heterocycles. The van der Waals surface area contributed by atoms with E-state index in [1.807, 2.05) is 12.1 Å². The van der Waals surface area contributed by atoms with Crippen LogP contribution in [-0.4, -0.2) is 33.6 Å². The predicted molar refractivity (Wildman–Crippen MR) is 67.2 cm³/mol. The smallest absolute Gasteiger partial charge is 0.322 e. The molecule has 0 aliphatic carbocycles. The zero-order valence-corrected chi connectivity index (χ0v) is 10.00. The summed E-state index contributed by atoms with van der Waals surface area (Å²) >= 11 is 0. The van der Waals surface area contributed by atoms with E-state index in [4.69, 9.17) is 10.5 Å². The van der Waals surface area contributed by atoms with Crippen LogP contribution in [-0.2, 0) is 6.42 Å². The molecule has 0 bridgehead atoms. The minimum atomic E-state index is 0.133. The third-order valence-electron chi connectivity index (χ3n) is 2.26. The number of nitrogens with two attached hydrogens (primary N) is 1. The van der Waals surface area contributed by atoms with Gasteiger partial charge in [-0.25, -0.2) is 0 Å². The second-order valence-corrected chi connectivity index (χ2v) is 3.54. The number of anilines is 2. The number of nitrogen functional groups attached to an aromatic ring is 1. The third-order valence-corrected chi connectivity index (χ3v) is 2.26. The lowest BCUT2D eigenvalue weighted by Gasteiger charge is -2.06. The van der Waals surface area contributed by atoms with Crippen LogP contribution in [0, 0.1) is 0 Å². The van der Waals surface area contributed by atoms with Crippen LogP contribution in [0.15, 0.2) is 24.5 Å². The number of rotatable bonds is 5. The number of methoxy groups -OCH3 is 1. The molecular formula is C11H14N6O. The SMILES string of the molecule is COc1nc(N)nc(NCCc2ccncc2)n1. The van der Waals surface area contributed by atoms with Gasteiger partial charge in [0.1, 0.15) is 0 Å². The molecule has 0 radical (unpaired) electrons. The molecule has 0 saturated carbocycles. The van der Waals surface area contributed by atoms with Gasteiger partial charge in [0.05, 0.1) is 7.11 Å². The molecule has 7 heteroatoms. The monoisotopic (exact) mass is 246 g/mol. The zero-order chi connectivity index (χ0) is 12.8. The van der Waals surface area contributed by atoms with E-state index in [-0.39, 0.29) is 12.0 Å². The number of hydrogen-bond donors (Lipinski definition) is 2. The molecule has 94 valence electrons. The Kier molecular flexibility index (Phi) is 3.85. The Labute approximate surface area is 104 Å². The summed E-state index contributed by atoms with van der Waals surface area (Å²) in [6, 6.07) is 4.13. The summed E-state index contributed by atoms with van der Waals surface area (Å²) in [6.07, 6.45) is 4.37. The van der Waals surface area contributed by atoms with Gasteiger partial charge in [0.25, 0.3) is 0 Å². The maximum absolute atomic E-state index is 5.53. The Morgan fingerprint density at radius 1 is 1.22 bits per heavy atom. The van der Waals surface area contributed by atoms with E-state index in [1.165, 1.54) is 12.7 Å². The van der Waals surface area contributed by atoms with Crippen molar-refractivity contribution in [1.82, 2.24) is 19.9 Å². The molecule has 0 atom stereocenters. The van der Waals surface area contributed by atoms with E-state index in [0.717, 1.165) is 6.42 Å². The Hall–Kier alpha value is -2.44. The van der Waals surface area contributed by atoms with Crippen LogP contribution in [0.25, 0.3) is 0 Å². The quantitative estimate of drug-likeness (QED) is 0.793. The standard InChI is InChI=1S/C11H14N6O/c1-18-11-16-9(12)15-10(17-11)14-7-4-8-2-5-13-6-3-8/h2-3,5-6H,4,7H2,1H3,(H3,12,14,15,16,17). The van der Waals surface area contributed by atoms with Crippen LogP contribution in [0.1, 0.15) is 5.56 Å². The maximum atomic E-state index is 5.53. The molecule has 0 aliphatic heterocycles. The molecule has 0 aliphatic rings. The largest absolute Gasteiger partial charge is 0.467 e. The van der Waals surface area contributed by atoms with Crippen molar-refractivity contribution in [1.29, 1.82) is 0 Å². The van der Waals surface area contributed by atoms with Crippen LogP contribution in [0.2, 0.25) is 0 Å². The third kappa shape index (κ3) is 3.27. The Bertz CT molecular complexity index is 504. The molecule has 0 spiro atoms. The van der Waals surface area contributed by atoms with Gasteiger partial charge in [0, 0.05) is 18.9 Å². The summed E-state index contributed by atoms with van der Waals surface area (Å²) in [5.74, 6) is 0.543. The summed E-state index contributed by atoms with van der Waals surface area (Å²) in [7, 11) is 1.48. The number of pyridine rings is 1. The van der Waals surface area contributed by atoms with Crippen LogP contribution >= 0.6 is 0 Å². The molecule has 0 amide bonds. The van der Waals surface area contributed by atoms with E-state index < -0.39 is 0 Å². The second-order valence-electron chi connectivity index (χ2n) is 3.54. The van der Waals surface area contributed by atoms with Crippen molar-refractivity contribution in [3.05, 3.63) is 30.1 Å². The Balaban J connectivity index is 1.92. The highest BCUT2D eigenvalue weighted by Gasteiger charge is 2.03. The molecule has 3 N–H and O–H groups in total. The fraction of sp³-hybridized carbons (Fsp3) is 0.273. The normalized spacial score (nSPS) is 10.1. The van der Waals surface area contributed by atoms with E-state index in [9.17, 15) is 0 Å². The minimum Gasteiger partial charge on any atom is -0.467 e. The lowest BCUT2D eigenvalue weighted by atomic mass is 10.2. The van der Waals surface area contributed by atoms with Gasteiger partial charge < -0.3 is 15.8 Å². The molecule has 7 nitrogen and oxygen atoms in total. The average Bonchev–Trinajstić information content (AvgIpc) is 2.39. The zero-order valence-electron chi connectivity index (χ0n) is 10.00. The number of nitrogens with one attached hydrogen (secondary N) is 1. The van der Waals surface area contributed by atoms with Crippen molar-refractivity contribution >= 4 is 11.9 Å². The number of aromatic nitrogens is 4. The highest BCUT2D eigenvalue weighted by molar-refractivity contribution is 5.32. The van der Waals surface area contributed by atoms with Gasteiger partial charge >= 0.3 is 6.01 Å². The van der Waals surface area contributed by atoms with Crippen molar-refractivity contribution in [2.24, 2.45) is 0 Å². The molecule has 2 heterocycles. The highest BCUT2D eigenvalue weighted by Crippen LogP contribution is 2.08. The minimum absolute atomic E-state index is 0.133. The van der Waals surface area contributed by atoms with Crippen LogP contribution in [0.3, 0.4) is 0 Å². The van der Waals surface area contributed by atoms with Gasteiger partial charge in [-0.2, -0.15) is 15.0 Å². The van der Waals surface area contributed by atoms with Crippen molar-refractivity contribution in [3.8, 4) is 6.01 Å². The van der Waals surface area contributed by atoms with E-state index in [2.05, 4.69) is 25.3 Å². The fourth-order valence-corrected chi connectivity index (χ4v) is 1.41. The Morgan fingerprint density at radius 3 is 2.72 bits per heavy atom. The second kappa shape index (κ2) is 5.76. The molecular weight excluding hydrogens is 232 g/mol. The summed E-state index contributed by atoms with van der Waals surface area (Å²) < 4.78 is 4.91. The van der Waals surface area contributed by atoms with Crippen molar-refractivity contribution in [2.75, 3.05) is 24.7 Å². The molecule has 0 fully saturated rings. The van der Waals surface area contributed by atoms with Crippen LogP contribution in [0.5, 0.6) is 6.01 Å². The summed E-state index contributed by atoms with van der Waals surface area (Å²) in [6.45, 7) is 0.691. The highest BCUT2D eigenvalue weighted by atomic mass is 16.5. The average molecular weight is 246 g/mol. The van der Waals surface area contributed by atoms with E-state index in [1.54, 1.807) is 12.4 Å². The first-order chi connectivity index (χ1) is 8.78. The fourth-order valence-electron chi connectivity index (χ4n) is 1.41. The summed E-state index contributed by atoms with van der Waals surface area (Å²) in [4.78, 5) is 15.8. The molecule has 0 aromatic carbocycles. The van der Waals surface area contributed by atoms with Gasteiger partial charge in [0.2, 0.25) is 11.9 Å². The van der Waals surface area contributed by atoms with Crippen molar-refractivity contribution in [2.45, 2.75) is 6.42 Å². The van der Waals surface area contributed by atoms with Crippen molar-refractivity contribution in [3.63, 3.8) is 0 Å².